The first kappa shape index (κ1) is 38.9. The fourth-order valence-corrected chi connectivity index (χ4v) is 12.2. The molecule has 326 valence electrons. The summed E-state index contributed by atoms with van der Waals surface area (Å²) in [7, 11) is 0. The molecule has 5 nitrogen and oxygen atoms in total. The number of hydrogen-bond donors (Lipinski definition) is 0. The Morgan fingerprint density at radius 2 is 0.957 bits per heavy atom. The number of para-hydroxylation sites is 3. The summed E-state index contributed by atoms with van der Waals surface area (Å²) in [6.45, 7) is 0. The summed E-state index contributed by atoms with van der Waals surface area (Å²) in [6.07, 6.45) is 0. The number of benzene rings is 10. The zero-order valence-electron chi connectivity index (χ0n) is 37.5. The van der Waals surface area contributed by atoms with Gasteiger partial charge in [-0.3, -0.25) is 4.57 Å². The Morgan fingerprint density at radius 3 is 1.76 bits per heavy atom. The van der Waals surface area contributed by atoms with Crippen LogP contribution in [0.3, 0.4) is 0 Å². The summed E-state index contributed by atoms with van der Waals surface area (Å²) >= 11 is 1.83. The van der Waals surface area contributed by atoms with Gasteiger partial charge in [0.05, 0.1) is 33.5 Å². The summed E-state index contributed by atoms with van der Waals surface area (Å²) in [5, 5.41) is 9.32. The number of rotatable bonds is 6. The smallest absolute Gasteiger partial charge is 0.235 e. The van der Waals surface area contributed by atoms with Crippen molar-refractivity contribution < 1.29 is 4.42 Å². The van der Waals surface area contributed by atoms with Crippen molar-refractivity contribution in [2.75, 3.05) is 0 Å². The molecule has 0 atom stereocenters. The molecule has 70 heavy (non-hydrogen) atoms. The standard InChI is InChI=1S/C64H38N4OS/c1-4-16-39(17-5-1)52-38-53(40-18-6-2-7-19-40)66-64(65-52)68-62-45(25-14-26-47(62)48-32-35-59-61(63(48)68)49-23-11-13-29-58(49)70-59)42-31-34-56-51(37-42)60-44(24-15-28-57(60)69-56)41-30-33-55-50(36-41)46-22-10-12-27-54(46)67(55)43-20-8-3-9-21-43/h1-38H. The number of hydrogen-bond acceptors (Lipinski definition) is 4. The van der Waals surface area contributed by atoms with Gasteiger partial charge in [-0.25, -0.2) is 9.97 Å². The molecule has 0 radical (unpaired) electrons. The van der Waals surface area contributed by atoms with E-state index in [1.165, 1.54) is 42.0 Å². The average molecular weight is 911 g/mol. The summed E-state index contributed by atoms with van der Waals surface area (Å²) in [6, 6.07) is 82.4. The van der Waals surface area contributed by atoms with E-state index in [2.05, 4.69) is 240 Å². The molecular weight excluding hydrogens is 873 g/mol. The van der Waals surface area contributed by atoms with Crippen LogP contribution in [0.1, 0.15) is 0 Å². The van der Waals surface area contributed by atoms with Crippen LogP contribution in [0.15, 0.2) is 235 Å². The maximum absolute atomic E-state index is 6.72. The minimum Gasteiger partial charge on any atom is -0.456 e. The van der Waals surface area contributed by atoms with Crippen molar-refractivity contribution >= 4 is 97.1 Å². The minimum absolute atomic E-state index is 0.622. The molecule has 0 saturated heterocycles. The predicted molar refractivity (Wildman–Crippen MR) is 293 cm³/mol. The van der Waals surface area contributed by atoms with Crippen molar-refractivity contribution in [3.63, 3.8) is 0 Å². The van der Waals surface area contributed by atoms with Crippen LogP contribution in [0.4, 0.5) is 0 Å². The molecule has 0 spiro atoms. The van der Waals surface area contributed by atoms with Crippen LogP contribution in [0.25, 0.3) is 142 Å². The molecule has 5 aromatic heterocycles. The lowest BCUT2D eigenvalue weighted by Gasteiger charge is -2.14. The number of nitrogens with zero attached hydrogens (tertiary/aromatic N) is 4. The van der Waals surface area contributed by atoms with Gasteiger partial charge in [0.1, 0.15) is 11.2 Å². The molecule has 0 amide bonds. The largest absolute Gasteiger partial charge is 0.456 e. The highest BCUT2D eigenvalue weighted by atomic mass is 32.1. The Balaban J connectivity index is 0.997. The van der Waals surface area contributed by atoms with Gasteiger partial charge in [0.15, 0.2) is 0 Å². The van der Waals surface area contributed by atoms with Crippen LogP contribution in [-0.2, 0) is 0 Å². The molecule has 5 heterocycles. The quantitative estimate of drug-likeness (QED) is 0.167. The Bertz CT molecular complexity index is 4520. The molecular formula is C64H38N4OS. The molecule has 15 aromatic rings. The molecule has 10 aromatic carbocycles. The predicted octanol–water partition coefficient (Wildman–Crippen LogP) is 17.6. The molecule has 0 aliphatic carbocycles. The summed E-state index contributed by atoms with van der Waals surface area (Å²) in [5.74, 6) is 0.622. The van der Waals surface area contributed by atoms with Crippen LogP contribution in [0.2, 0.25) is 0 Å². The summed E-state index contributed by atoms with van der Waals surface area (Å²) < 4.78 is 13.9. The highest BCUT2D eigenvalue weighted by molar-refractivity contribution is 7.26. The average Bonchev–Trinajstić information content (AvgIpc) is 4.19. The highest BCUT2D eigenvalue weighted by Crippen LogP contribution is 2.47. The second-order valence-electron chi connectivity index (χ2n) is 18.1. The van der Waals surface area contributed by atoms with E-state index in [1.54, 1.807) is 0 Å². The normalized spacial score (nSPS) is 12.0. The monoisotopic (exact) mass is 910 g/mol. The van der Waals surface area contributed by atoms with Crippen LogP contribution < -0.4 is 0 Å². The van der Waals surface area contributed by atoms with E-state index in [-0.39, 0.29) is 0 Å². The first-order valence-corrected chi connectivity index (χ1v) is 24.5. The molecule has 0 fully saturated rings. The van der Waals surface area contributed by atoms with Crippen LogP contribution in [-0.4, -0.2) is 19.1 Å². The summed E-state index contributed by atoms with van der Waals surface area (Å²) in [4.78, 5) is 11.0. The van der Waals surface area contributed by atoms with Crippen LogP contribution >= 0.6 is 11.3 Å². The molecule has 0 N–H and O–H groups in total. The molecule has 0 unspecified atom stereocenters. The molecule has 0 bridgehead atoms. The van der Waals surface area contributed by atoms with Gasteiger partial charge in [-0.15, -0.1) is 11.3 Å². The third kappa shape index (κ3) is 5.84. The maximum Gasteiger partial charge on any atom is 0.235 e. The third-order valence-electron chi connectivity index (χ3n) is 14.1. The lowest BCUT2D eigenvalue weighted by Crippen LogP contribution is -2.05. The SMILES string of the molecule is c1ccc(-c2cc(-c3ccccc3)nc(-n3c4c(-c5ccc6oc7cccc(-c8ccc9c(c8)c8ccccc8n9-c8ccccc8)c7c6c5)cccc4c4ccc5sc6ccccc6c5c43)n2)cc1. The van der Waals surface area contributed by atoms with Gasteiger partial charge in [0.2, 0.25) is 5.95 Å². The van der Waals surface area contributed by atoms with Gasteiger partial charge in [0, 0.05) is 74.9 Å². The number of fused-ring (bicyclic) bond motifs is 13. The van der Waals surface area contributed by atoms with Crippen molar-refractivity contribution in [3.8, 4) is 56.4 Å². The zero-order chi connectivity index (χ0) is 45.9. The Labute approximate surface area is 405 Å². The van der Waals surface area contributed by atoms with E-state index in [0.29, 0.717) is 5.95 Å². The van der Waals surface area contributed by atoms with Gasteiger partial charge in [-0.1, -0.05) is 164 Å². The lowest BCUT2D eigenvalue weighted by molar-refractivity contribution is 0.669. The van der Waals surface area contributed by atoms with Crippen LogP contribution in [0.5, 0.6) is 0 Å². The van der Waals surface area contributed by atoms with E-state index in [1.807, 2.05) is 11.3 Å². The highest BCUT2D eigenvalue weighted by Gasteiger charge is 2.24. The minimum atomic E-state index is 0.622. The summed E-state index contributed by atoms with van der Waals surface area (Å²) in [5.41, 5.74) is 15.6. The van der Waals surface area contributed by atoms with Gasteiger partial charge in [-0.05, 0) is 83.4 Å². The van der Waals surface area contributed by atoms with Crippen molar-refractivity contribution in [2.24, 2.45) is 0 Å². The van der Waals surface area contributed by atoms with E-state index in [0.717, 1.165) is 94.2 Å². The van der Waals surface area contributed by atoms with Gasteiger partial charge in [-0.2, -0.15) is 0 Å². The van der Waals surface area contributed by atoms with E-state index in [9.17, 15) is 0 Å². The van der Waals surface area contributed by atoms with Crippen molar-refractivity contribution in [2.45, 2.75) is 0 Å². The lowest BCUT2D eigenvalue weighted by atomic mass is 9.96. The first-order chi connectivity index (χ1) is 34.7. The number of aromatic nitrogens is 4. The fourth-order valence-electron chi connectivity index (χ4n) is 11.1. The van der Waals surface area contributed by atoms with Crippen molar-refractivity contribution in [1.82, 2.24) is 19.1 Å². The fraction of sp³-hybridized carbons (Fsp3) is 0. The molecule has 0 saturated carbocycles. The first-order valence-electron chi connectivity index (χ1n) is 23.6. The maximum atomic E-state index is 6.72. The topological polar surface area (TPSA) is 48.8 Å². The second kappa shape index (κ2) is 15.2. The second-order valence-corrected chi connectivity index (χ2v) is 19.1. The molecule has 0 aliphatic heterocycles. The van der Waals surface area contributed by atoms with E-state index in [4.69, 9.17) is 14.4 Å². The van der Waals surface area contributed by atoms with E-state index < -0.39 is 0 Å². The molecule has 6 heteroatoms. The van der Waals surface area contributed by atoms with Gasteiger partial charge in [0.25, 0.3) is 0 Å². The molecule has 0 aliphatic rings. The Kier molecular flexibility index (Phi) is 8.46. The number of furan rings is 1. The third-order valence-corrected chi connectivity index (χ3v) is 15.3. The van der Waals surface area contributed by atoms with Gasteiger partial charge >= 0.3 is 0 Å². The van der Waals surface area contributed by atoms with Crippen molar-refractivity contribution in [3.05, 3.63) is 231 Å². The zero-order valence-corrected chi connectivity index (χ0v) is 38.4. The molecule has 15 rings (SSSR count). The van der Waals surface area contributed by atoms with Gasteiger partial charge < -0.3 is 8.98 Å². The van der Waals surface area contributed by atoms with E-state index >= 15 is 0 Å². The van der Waals surface area contributed by atoms with Crippen LogP contribution in [0, 0.1) is 0 Å². The number of thiophene rings is 1. The Morgan fingerprint density at radius 1 is 0.343 bits per heavy atom. The van der Waals surface area contributed by atoms with Crippen molar-refractivity contribution in [1.29, 1.82) is 0 Å². The Hall–Kier alpha value is -9.10.